The van der Waals surface area contributed by atoms with Gasteiger partial charge < -0.3 is 23.5 Å². The van der Waals surface area contributed by atoms with Crippen LogP contribution in [-0.4, -0.2) is 40.9 Å². The predicted molar refractivity (Wildman–Crippen MR) is 117 cm³/mol. The molecule has 10 heteroatoms. The van der Waals surface area contributed by atoms with E-state index in [2.05, 4.69) is 15.2 Å². The Hall–Kier alpha value is -4.34. The number of hydrogen-bond donors (Lipinski definition) is 0. The second-order valence-corrected chi connectivity index (χ2v) is 7.15. The zero-order chi connectivity index (χ0) is 22.8. The van der Waals surface area contributed by atoms with E-state index in [4.69, 9.17) is 23.5 Å². The largest absolute Gasteiger partial charge is 0.493 e. The van der Waals surface area contributed by atoms with Gasteiger partial charge in [-0.15, -0.1) is 0 Å². The predicted octanol–water partition coefficient (Wildman–Crippen LogP) is 2.95. The van der Waals surface area contributed by atoms with Crippen LogP contribution in [0.4, 0.5) is 0 Å². The summed E-state index contributed by atoms with van der Waals surface area (Å²) in [7, 11) is 3.11. The lowest BCUT2D eigenvalue weighted by Gasteiger charge is -2.09. The zero-order valence-electron chi connectivity index (χ0n) is 18.0. The van der Waals surface area contributed by atoms with Crippen LogP contribution < -0.4 is 24.5 Å². The molecule has 0 saturated carbocycles. The Morgan fingerprint density at radius 2 is 1.91 bits per heavy atom. The van der Waals surface area contributed by atoms with Gasteiger partial charge in [-0.25, -0.2) is 4.68 Å². The van der Waals surface area contributed by atoms with Gasteiger partial charge in [-0.1, -0.05) is 11.2 Å². The number of ether oxygens (including phenoxy) is 4. The lowest BCUT2D eigenvalue weighted by atomic mass is 10.1. The van der Waals surface area contributed by atoms with Crippen LogP contribution in [0.15, 0.2) is 57.8 Å². The van der Waals surface area contributed by atoms with E-state index >= 15 is 0 Å². The van der Waals surface area contributed by atoms with Crippen LogP contribution in [0, 0.1) is 0 Å². The van der Waals surface area contributed by atoms with E-state index in [1.165, 1.54) is 10.7 Å². The molecular weight excluding hydrogens is 428 g/mol. The number of methoxy groups -OCH3 is 2. The topological polar surface area (TPSA) is 111 Å². The number of fused-ring (bicyclic) bond motifs is 1. The van der Waals surface area contributed by atoms with Gasteiger partial charge in [0.05, 0.1) is 32.0 Å². The van der Waals surface area contributed by atoms with Gasteiger partial charge in [0, 0.05) is 18.1 Å². The van der Waals surface area contributed by atoms with Crippen LogP contribution in [0.1, 0.15) is 5.89 Å². The molecule has 0 fully saturated rings. The number of rotatable bonds is 7. The minimum absolute atomic E-state index is 0.194. The number of nitrogens with zero attached hydrogens (tertiary/aromatic N) is 4. The van der Waals surface area contributed by atoms with E-state index in [-0.39, 0.29) is 18.9 Å². The first-order valence-corrected chi connectivity index (χ1v) is 10.2. The second-order valence-electron chi connectivity index (χ2n) is 7.15. The molecule has 1 aliphatic heterocycles. The highest BCUT2D eigenvalue weighted by molar-refractivity contribution is 5.68. The van der Waals surface area contributed by atoms with Crippen LogP contribution in [0.3, 0.4) is 0 Å². The lowest BCUT2D eigenvalue weighted by Crippen LogP contribution is -2.23. The van der Waals surface area contributed by atoms with Crippen LogP contribution >= 0.6 is 0 Å². The molecule has 5 rings (SSSR count). The van der Waals surface area contributed by atoms with E-state index in [1.807, 2.05) is 30.3 Å². The molecule has 0 aliphatic carbocycles. The highest BCUT2D eigenvalue weighted by Crippen LogP contribution is 2.37. The van der Waals surface area contributed by atoms with Gasteiger partial charge in [-0.05, 0) is 36.4 Å². The summed E-state index contributed by atoms with van der Waals surface area (Å²) >= 11 is 0. The Balaban J connectivity index is 1.35. The first-order chi connectivity index (χ1) is 16.2. The van der Waals surface area contributed by atoms with Gasteiger partial charge in [0.2, 0.25) is 18.5 Å². The molecule has 10 nitrogen and oxygen atoms in total. The molecular formula is C23H20N4O6. The summed E-state index contributed by atoms with van der Waals surface area (Å²) in [5, 5.41) is 8.53. The van der Waals surface area contributed by atoms with Crippen molar-refractivity contribution in [1.29, 1.82) is 0 Å². The zero-order valence-corrected chi connectivity index (χ0v) is 18.0. The molecule has 3 heterocycles. The smallest absolute Gasteiger partial charge is 0.266 e. The minimum atomic E-state index is -0.228. The molecule has 0 spiro atoms. The van der Waals surface area contributed by atoms with Crippen LogP contribution in [-0.2, 0) is 13.0 Å². The van der Waals surface area contributed by atoms with Crippen molar-refractivity contribution in [2.45, 2.75) is 13.0 Å². The second kappa shape index (κ2) is 8.65. The summed E-state index contributed by atoms with van der Waals surface area (Å²) in [6, 6.07) is 14.1. The van der Waals surface area contributed by atoms with Gasteiger partial charge in [-0.3, -0.25) is 4.79 Å². The van der Waals surface area contributed by atoms with Gasteiger partial charge >= 0.3 is 0 Å². The van der Waals surface area contributed by atoms with Crippen molar-refractivity contribution >= 4 is 0 Å². The Labute approximate surface area is 188 Å². The molecule has 0 amide bonds. The number of aryl methyl sites for hydroxylation is 2. The molecule has 0 bridgehead atoms. The van der Waals surface area contributed by atoms with Crippen LogP contribution in [0.2, 0.25) is 0 Å². The number of para-hydroxylation sites is 1. The van der Waals surface area contributed by atoms with Crippen molar-refractivity contribution in [2.24, 2.45) is 0 Å². The molecule has 4 aromatic rings. The highest BCUT2D eigenvalue weighted by atomic mass is 16.7. The average molecular weight is 448 g/mol. The Kier molecular flexibility index (Phi) is 5.39. The van der Waals surface area contributed by atoms with Gasteiger partial charge in [0.25, 0.3) is 5.56 Å². The molecule has 0 atom stereocenters. The summed E-state index contributed by atoms with van der Waals surface area (Å²) in [6.07, 6.45) is 0.330. The van der Waals surface area contributed by atoms with Crippen molar-refractivity contribution in [3.63, 3.8) is 0 Å². The fourth-order valence-electron chi connectivity index (χ4n) is 3.55. The monoisotopic (exact) mass is 448 g/mol. The first kappa shape index (κ1) is 20.6. The number of aromatic nitrogens is 4. The van der Waals surface area contributed by atoms with E-state index in [1.54, 1.807) is 26.4 Å². The molecule has 2 aromatic carbocycles. The van der Waals surface area contributed by atoms with Gasteiger partial charge in [-0.2, -0.15) is 10.1 Å². The van der Waals surface area contributed by atoms with Crippen molar-refractivity contribution in [3.05, 3.63) is 64.8 Å². The summed E-state index contributed by atoms with van der Waals surface area (Å²) < 4.78 is 28.3. The Morgan fingerprint density at radius 1 is 1.03 bits per heavy atom. The average Bonchev–Trinajstić information content (AvgIpc) is 3.52. The Bertz CT molecular complexity index is 1360. The first-order valence-electron chi connectivity index (χ1n) is 10.2. The van der Waals surface area contributed by atoms with Crippen molar-refractivity contribution in [3.8, 4) is 45.6 Å². The summed E-state index contributed by atoms with van der Waals surface area (Å²) in [5.41, 5.74) is 1.87. The third kappa shape index (κ3) is 3.98. The maximum absolute atomic E-state index is 12.4. The normalized spacial score (nSPS) is 12.1. The SMILES string of the molecule is COc1cccc(-c2noc(CCn3nc(-c4ccc5c(c4)OCO5)ccc3=O)n2)c1OC. The maximum atomic E-state index is 12.4. The molecule has 2 aromatic heterocycles. The molecule has 0 N–H and O–H groups in total. The maximum Gasteiger partial charge on any atom is 0.266 e. The van der Waals surface area contributed by atoms with E-state index in [9.17, 15) is 4.79 Å². The van der Waals surface area contributed by atoms with E-state index in [0.29, 0.717) is 52.4 Å². The quantitative estimate of drug-likeness (QED) is 0.421. The van der Waals surface area contributed by atoms with Crippen molar-refractivity contribution in [1.82, 2.24) is 19.9 Å². The molecule has 1 aliphatic rings. The molecule has 0 unspecified atom stereocenters. The summed E-state index contributed by atoms with van der Waals surface area (Å²) in [4.78, 5) is 16.8. The van der Waals surface area contributed by atoms with Crippen molar-refractivity contribution in [2.75, 3.05) is 21.0 Å². The standard InChI is InChI=1S/C23H20N4O6/c1-29-18-5-3-4-15(22(18)30-2)23-24-20(33-26-23)10-11-27-21(28)9-7-16(25-27)14-6-8-17-19(12-14)32-13-31-17/h3-9,12H,10-11,13H2,1-2H3. The molecule has 168 valence electrons. The number of benzene rings is 2. The highest BCUT2D eigenvalue weighted by Gasteiger charge is 2.18. The minimum Gasteiger partial charge on any atom is -0.493 e. The molecule has 33 heavy (non-hydrogen) atoms. The van der Waals surface area contributed by atoms with Gasteiger partial charge in [0.1, 0.15) is 0 Å². The third-order valence-electron chi connectivity index (χ3n) is 5.18. The summed E-state index contributed by atoms with van der Waals surface area (Å²) in [6.45, 7) is 0.466. The molecule has 0 saturated heterocycles. The lowest BCUT2D eigenvalue weighted by molar-refractivity contribution is 0.174. The fourth-order valence-corrected chi connectivity index (χ4v) is 3.55. The van der Waals surface area contributed by atoms with E-state index < -0.39 is 0 Å². The van der Waals surface area contributed by atoms with E-state index in [0.717, 1.165) is 5.56 Å². The van der Waals surface area contributed by atoms with Crippen molar-refractivity contribution < 1.29 is 23.5 Å². The van der Waals surface area contributed by atoms with Crippen LogP contribution in [0.25, 0.3) is 22.6 Å². The third-order valence-corrected chi connectivity index (χ3v) is 5.18. The fraction of sp³-hybridized carbons (Fsp3) is 0.217. The molecule has 0 radical (unpaired) electrons. The van der Waals surface area contributed by atoms with Gasteiger partial charge in [0.15, 0.2) is 23.0 Å². The number of hydrogen-bond acceptors (Lipinski definition) is 9. The summed E-state index contributed by atoms with van der Waals surface area (Å²) in [5.74, 6) is 3.16. The Morgan fingerprint density at radius 3 is 2.76 bits per heavy atom. The van der Waals surface area contributed by atoms with Crippen LogP contribution in [0.5, 0.6) is 23.0 Å².